The number of para-hydroxylation sites is 1. The van der Waals surface area contributed by atoms with Crippen LogP contribution in [0.5, 0.6) is 5.75 Å². The van der Waals surface area contributed by atoms with Gasteiger partial charge < -0.3 is 5.11 Å². The van der Waals surface area contributed by atoms with Crippen molar-refractivity contribution in [3.63, 3.8) is 0 Å². The third-order valence-corrected chi connectivity index (χ3v) is 2.42. The Bertz CT molecular complexity index is 626. The average Bonchev–Trinajstić information content (AvgIpc) is 2.41. The molecule has 2 N–H and O–H groups in total. The molecule has 0 atom stereocenters. The number of nitrogens with zero attached hydrogens (tertiary/aromatic N) is 1. The summed E-state index contributed by atoms with van der Waals surface area (Å²) < 4.78 is 13.3. The van der Waals surface area contributed by atoms with Gasteiger partial charge >= 0.3 is 0 Å². The second kappa shape index (κ2) is 5.77. The minimum absolute atomic E-state index is 0.0476. The Morgan fingerprint density at radius 3 is 2.58 bits per heavy atom. The van der Waals surface area contributed by atoms with Gasteiger partial charge in [-0.25, -0.2) is 9.82 Å². The van der Waals surface area contributed by atoms with E-state index < -0.39 is 11.7 Å². The van der Waals surface area contributed by atoms with Crippen molar-refractivity contribution in [1.29, 1.82) is 0 Å². The normalized spacial score (nSPS) is 10.6. The molecule has 0 aliphatic rings. The number of rotatable bonds is 3. The van der Waals surface area contributed by atoms with Crippen LogP contribution >= 0.6 is 0 Å². The van der Waals surface area contributed by atoms with Crippen molar-refractivity contribution in [3.8, 4) is 5.75 Å². The van der Waals surface area contributed by atoms with E-state index in [-0.39, 0.29) is 11.3 Å². The first-order chi connectivity index (χ1) is 9.18. The molecule has 0 aromatic heterocycles. The smallest absolute Gasteiger partial charge is 0.274 e. The maximum Gasteiger partial charge on any atom is 0.274 e. The van der Waals surface area contributed by atoms with Gasteiger partial charge in [0.1, 0.15) is 11.6 Å². The largest absolute Gasteiger partial charge is 0.507 e. The first kappa shape index (κ1) is 12.8. The number of benzene rings is 2. The van der Waals surface area contributed by atoms with Gasteiger partial charge in [0.2, 0.25) is 0 Å². The molecule has 0 radical (unpaired) electrons. The van der Waals surface area contributed by atoms with Crippen LogP contribution in [0.25, 0.3) is 0 Å². The molecule has 2 aromatic carbocycles. The Morgan fingerprint density at radius 2 is 1.84 bits per heavy atom. The summed E-state index contributed by atoms with van der Waals surface area (Å²) in [5.74, 6) is -1.21. The number of halogens is 1. The Balaban J connectivity index is 2.06. The second-order valence-corrected chi connectivity index (χ2v) is 3.74. The monoisotopic (exact) mass is 258 g/mol. The zero-order valence-corrected chi connectivity index (χ0v) is 9.88. The molecule has 0 heterocycles. The maximum absolute atomic E-state index is 13.3. The molecule has 1 amide bonds. The lowest BCUT2D eigenvalue weighted by atomic mass is 10.2. The van der Waals surface area contributed by atoms with E-state index in [9.17, 15) is 14.3 Å². The summed E-state index contributed by atoms with van der Waals surface area (Å²) in [5.41, 5.74) is 2.56. The molecule has 0 fully saturated rings. The quantitative estimate of drug-likeness (QED) is 0.655. The summed E-state index contributed by atoms with van der Waals surface area (Å²) >= 11 is 0. The zero-order chi connectivity index (χ0) is 13.7. The predicted molar refractivity (Wildman–Crippen MR) is 69.6 cm³/mol. The van der Waals surface area contributed by atoms with Crippen LogP contribution in [0.15, 0.2) is 53.6 Å². The number of hydrazone groups is 1. The van der Waals surface area contributed by atoms with Crippen LogP contribution in [-0.2, 0) is 0 Å². The van der Waals surface area contributed by atoms with Crippen molar-refractivity contribution in [2.45, 2.75) is 0 Å². The van der Waals surface area contributed by atoms with Crippen LogP contribution in [0.4, 0.5) is 4.39 Å². The molecular weight excluding hydrogens is 247 g/mol. The van der Waals surface area contributed by atoms with Gasteiger partial charge in [0.25, 0.3) is 5.91 Å². The Morgan fingerprint density at radius 1 is 1.16 bits per heavy atom. The lowest BCUT2D eigenvalue weighted by Crippen LogP contribution is -2.18. The minimum atomic E-state index is -0.648. The van der Waals surface area contributed by atoms with E-state index in [1.807, 2.05) is 0 Å². The lowest BCUT2D eigenvalue weighted by Gasteiger charge is -2.01. The van der Waals surface area contributed by atoms with Gasteiger partial charge in [-0.1, -0.05) is 24.3 Å². The van der Waals surface area contributed by atoms with Crippen LogP contribution in [0.1, 0.15) is 15.9 Å². The molecule has 2 rings (SSSR count). The number of carbonyl (C=O) groups is 1. The van der Waals surface area contributed by atoms with Gasteiger partial charge in [-0.2, -0.15) is 5.10 Å². The summed E-state index contributed by atoms with van der Waals surface area (Å²) in [7, 11) is 0. The topological polar surface area (TPSA) is 61.7 Å². The Kier molecular flexibility index (Phi) is 3.87. The fourth-order valence-corrected chi connectivity index (χ4v) is 1.46. The molecule has 0 aliphatic carbocycles. The number of phenols is 1. The van der Waals surface area contributed by atoms with E-state index in [1.165, 1.54) is 30.5 Å². The molecule has 0 unspecified atom stereocenters. The van der Waals surface area contributed by atoms with Gasteiger partial charge in [-0.3, -0.25) is 4.79 Å². The second-order valence-electron chi connectivity index (χ2n) is 3.74. The average molecular weight is 258 g/mol. The first-order valence-electron chi connectivity index (χ1n) is 5.54. The molecule has 4 nitrogen and oxygen atoms in total. The summed E-state index contributed by atoms with van der Waals surface area (Å²) in [6.07, 6.45) is 1.29. The van der Waals surface area contributed by atoms with Crippen LogP contribution in [0, 0.1) is 5.82 Å². The molecular formula is C14H11FN2O2. The highest BCUT2D eigenvalue weighted by atomic mass is 19.1. The standard InChI is InChI=1S/C14H11FN2O2/c15-12-7-3-2-6-11(12)14(19)17-16-9-10-5-1-4-8-13(10)18/h1-9,18H,(H,17,19). The van der Waals surface area contributed by atoms with Gasteiger partial charge in [-0.05, 0) is 24.3 Å². The van der Waals surface area contributed by atoms with Gasteiger partial charge in [0.05, 0.1) is 11.8 Å². The molecule has 0 bridgehead atoms. The van der Waals surface area contributed by atoms with Gasteiger partial charge in [-0.15, -0.1) is 0 Å². The number of aromatic hydroxyl groups is 1. The highest BCUT2D eigenvalue weighted by Crippen LogP contribution is 2.12. The fraction of sp³-hybridized carbons (Fsp3) is 0. The summed E-state index contributed by atoms with van der Waals surface area (Å²) in [6.45, 7) is 0. The minimum Gasteiger partial charge on any atom is -0.507 e. The van der Waals surface area contributed by atoms with E-state index in [0.717, 1.165) is 0 Å². The van der Waals surface area contributed by atoms with Crippen LogP contribution in [-0.4, -0.2) is 17.2 Å². The van der Waals surface area contributed by atoms with E-state index in [2.05, 4.69) is 10.5 Å². The molecule has 0 aliphatic heterocycles. The predicted octanol–water partition coefficient (Wildman–Crippen LogP) is 2.30. The number of amides is 1. The number of carbonyl (C=O) groups excluding carboxylic acids is 1. The molecule has 96 valence electrons. The molecule has 0 saturated heterocycles. The molecule has 0 spiro atoms. The number of hydrogen-bond donors (Lipinski definition) is 2. The summed E-state index contributed by atoms with van der Waals surface area (Å²) in [4.78, 5) is 11.6. The SMILES string of the molecule is O=C(NN=Cc1ccccc1O)c1ccccc1F. The molecule has 19 heavy (non-hydrogen) atoms. The van der Waals surface area contributed by atoms with E-state index in [4.69, 9.17) is 0 Å². The van der Waals surface area contributed by atoms with Crippen LogP contribution in [0.3, 0.4) is 0 Å². The van der Waals surface area contributed by atoms with Crippen molar-refractivity contribution in [3.05, 3.63) is 65.5 Å². The summed E-state index contributed by atoms with van der Waals surface area (Å²) in [5, 5.41) is 13.1. The van der Waals surface area contributed by atoms with Crippen molar-refractivity contribution >= 4 is 12.1 Å². The van der Waals surface area contributed by atoms with Crippen molar-refractivity contribution < 1.29 is 14.3 Å². The number of nitrogens with one attached hydrogen (secondary N) is 1. The van der Waals surface area contributed by atoms with Gasteiger partial charge in [0.15, 0.2) is 0 Å². The molecule has 0 saturated carbocycles. The number of hydrogen-bond acceptors (Lipinski definition) is 3. The Labute approximate surface area is 109 Å². The van der Waals surface area contributed by atoms with Crippen LogP contribution < -0.4 is 5.43 Å². The molecule has 5 heteroatoms. The van der Waals surface area contributed by atoms with Crippen molar-refractivity contribution in [1.82, 2.24) is 5.43 Å². The molecule has 2 aromatic rings. The number of phenolic OH excluding ortho intramolecular Hbond substituents is 1. The van der Waals surface area contributed by atoms with Crippen molar-refractivity contribution in [2.75, 3.05) is 0 Å². The first-order valence-corrected chi connectivity index (χ1v) is 5.54. The van der Waals surface area contributed by atoms with Crippen molar-refractivity contribution in [2.24, 2.45) is 5.10 Å². The van der Waals surface area contributed by atoms with Gasteiger partial charge in [0, 0.05) is 5.56 Å². The van der Waals surface area contributed by atoms with E-state index in [1.54, 1.807) is 24.3 Å². The van der Waals surface area contributed by atoms with Crippen LogP contribution in [0.2, 0.25) is 0 Å². The third-order valence-electron chi connectivity index (χ3n) is 2.42. The van der Waals surface area contributed by atoms with E-state index >= 15 is 0 Å². The summed E-state index contributed by atoms with van der Waals surface area (Å²) in [6, 6.07) is 12.1. The Hall–Kier alpha value is -2.69. The van der Waals surface area contributed by atoms with E-state index in [0.29, 0.717) is 5.56 Å². The highest BCUT2D eigenvalue weighted by molar-refractivity contribution is 5.95. The lowest BCUT2D eigenvalue weighted by molar-refractivity contribution is 0.0951. The maximum atomic E-state index is 13.3. The highest BCUT2D eigenvalue weighted by Gasteiger charge is 2.09. The third kappa shape index (κ3) is 3.16. The zero-order valence-electron chi connectivity index (χ0n) is 9.88. The fourth-order valence-electron chi connectivity index (χ4n) is 1.46.